The molecule has 0 atom stereocenters. The van der Waals surface area contributed by atoms with Gasteiger partial charge in [0.25, 0.3) is 11.1 Å². The highest BCUT2D eigenvalue weighted by molar-refractivity contribution is 5.92. The van der Waals surface area contributed by atoms with Crippen molar-refractivity contribution in [1.82, 2.24) is 49.0 Å². The second-order valence-corrected chi connectivity index (χ2v) is 15.4. The van der Waals surface area contributed by atoms with Crippen LogP contribution in [0.15, 0.2) is 114 Å². The summed E-state index contributed by atoms with van der Waals surface area (Å²) in [6.45, 7) is 7.87. The standard InChI is InChI=1S/C44H42N12O4/c1-43(2,59)34-11-9-28(22-47-34)30-17-32-37(41(57)55(5)24-51-32)39(53-30)49-20-26-13-15-46-36(16-26)60-44(3,4)35-12-10-29(23-48-35)31-18-33-38(42(58)56(6)25-52-33)40(54-31)50-21-27-8-7-14-45-19-27/h7-19,22-25,59H,20-21H2,1-6H3,(H,49,53)(H,50,54). The lowest BCUT2D eigenvalue weighted by Gasteiger charge is -2.25. The predicted octanol–water partition coefficient (Wildman–Crippen LogP) is 5.65. The Hall–Kier alpha value is -7.46. The van der Waals surface area contributed by atoms with E-state index in [-0.39, 0.29) is 11.1 Å². The lowest BCUT2D eigenvalue weighted by atomic mass is 10.0. The zero-order valence-corrected chi connectivity index (χ0v) is 33.9. The quantitative estimate of drug-likeness (QED) is 0.137. The average Bonchev–Trinajstić information content (AvgIpc) is 3.24. The third-order valence-corrected chi connectivity index (χ3v) is 9.97. The average molecular weight is 803 g/mol. The molecule has 3 N–H and O–H groups in total. The molecule has 8 aromatic rings. The summed E-state index contributed by atoms with van der Waals surface area (Å²) >= 11 is 0. The molecule has 16 heteroatoms. The maximum Gasteiger partial charge on any atom is 0.264 e. The van der Waals surface area contributed by atoms with E-state index in [1.807, 2.05) is 56.3 Å². The van der Waals surface area contributed by atoms with Gasteiger partial charge in [-0.1, -0.05) is 6.07 Å². The van der Waals surface area contributed by atoms with Crippen LogP contribution < -0.4 is 26.5 Å². The first-order valence-corrected chi connectivity index (χ1v) is 19.1. The molecule has 302 valence electrons. The van der Waals surface area contributed by atoms with Gasteiger partial charge in [0.1, 0.15) is 33.6 Å². The SMILES string of the molecule is Cn1cnc2cc(-c3ccc(C(C)(C)O)nc3)nc(NCc3ccnc(OC(C)(C)c4ccc(-c5cc6ncn(C)c(=O)c6c(NCc6cccnc6)n5)cn4)c3)c2c1=O. The molecule has 0 unspecified atom stereocenters. The van der Waals surface area contributed by atoms with E-state index in [0.29, 0.717) is 80.8 Å². The summed E-state index contributed by atoms with van der Waals surface area (Å²) in [5.74, 6) is 1.15. The number of fused-ring (bicyclic) bond motifs is 2. The fourth-order valence-corrected chi connectivity index (χ4v) is 6.61. The second kappa shape index (κ2) is 15.7. The first-order chi connectivity index (χ1) is 28.7. The van der Waals surface area contributed by atoms with Gasteiger partial charge < -0.3 is 29.6 Å². The van der Waals surface area contributed by atoms with Crippen LogP contribution in [-0.2, 0) is 38.4 Å². The molecule has 60 heavy (non-hydrogen) atoms. The van der Waals surface area contributed by atoms with Gasteiger partial charge in [-0.2, -0.15) is 0 Å². The Morgan fingerprint density at radius 3 is 1.73 bits per heavy atom. The van der Waals surface area contributed by atoms with Gasteiger partial charge >= 0.3 is 0 Å². The van der Waals surface area contributed by atoms with Crippen LogP contribution in [0.1, 0.15) is 50.2 Å². The van der Waals surface area contributed by atoms with Crippen molar-refractivity contribution in [3.8, 4) is 28.4 Å². The topological polar surface area (TPSA) is 201 Å². The second-order valence-electron chi connectivity index (χ2n) is 15.4. The number of aromatic nitrogens is 10. The number of pyridine rings is 6. The minimum atomic E-state index is -1.09. The lowest BCUT2D eigenvalue weighted by molar-refractivity contribution is 0.0739. The van der Waals surface area contributed by atoms with E-state index in [1.165, 1.54) is 21.8 Å². The van der Waals surface area contributed by atoms with Crippen LogP contribution in [0.2, 0.25) is 0 Å². The number of ether oxygens (including phenoxy) is 1. The van der Waals surface area contributed by atoms with Crippen LogP contribution in [-0.4, -0.2) is 54.1 Å². The van der Waals surface area contributed by atoms with Crippen molar-refractivity contribution in [1.29, 1.82) is 0 Å². The smallest absolute Gasteiger partial charge is 0.264 e. The van der Waals surface area contributed by atoms with E-state index < -0.39 is 11.2 Å². The Bertz CT molecular complexity index is 2980. The summed E-state index contributed by atoms with van der Waals surface area (Å²) < 4.78 is 9.27. The molecule has 0 spiro atoms. The van der Waals surface area contributed by atoms with Crippen molar-refractivity contribution in [2.24, 2.45) is 14.1 Å². The molecule has 0 radical (unpaired) electrons. The molecule has 0 aliphatic rings. The highest BCUT2D eigenvalue weighted by atomic mass is 16.5. The first-order valence-electron chi connectivity index (χ1n) is 19.1. The number of rotatable bonds is 12. The highest BCUT2D eigenvalue weighted by Crippen LogP contribution is 2.30. The van der Waals surface area contributed by atoms with Crippen LogP contribution >= 0.6 is 0 Å². The summed E-state index contributed by atoms with van der Waals surface area (Å²) in [4.78, 5) is 63.1. The summed E-state index contributed by atoms with van der Waals surface area (Å²) in [7, 11) is 3.30. The van der Waals surface area contributed by atoms with Crippen molar-refractivity contribution >= 4 is 33.4 Å². The van der Waals surface area contributed by atoms with Crippen LogP contribution in [0.4, 0.5) is 11.6 Å². The first kappa shape index (κ1) is 39.4. The molecular weight excluding hydrogens is 761 g/mol. The maximum absolute atomic E-state index is 13.3. The normalized spacial score (nSPS) is 11.8. The molecule has 0 fully saturated rings. The van der Waals surface area contributed by atoms with E-state index >= 15 is 0 Å². The van der Waals surface area contributed by atoms with Crippen molar-refractivity contribution in [2.75, 3.05) is 10.6 Å². The number of nitrogens with zero attached hydrogens (tertiary/aromatic N) is 10. The Morgan fingerprint density at radius 1 is 0.650 bits per heavy atom. The molecule has 0 bridgehead atoms. The van der Waals surface area contributed by atoms with Crippen LogP contribution in [0.3, 0.4) is 0 Å². The van der Waals surface area contributed by atoms with Crippen LogP contribution in [0.25, 0.3) is 44.3 Å². The summed E-state index contributed by atoms with van der Waals surface area (Å²) in [5, 5.41) is 17.8. The lowest BCUT2D eigenvalue weighted by Crippen LogP contribution is -2.27. The number of aliphatic hydroxyl groups is 1. The molecule has 0 aromatic carbocycles. The van der Waals surface area contributed by atoms with Crippen LogP contribution in [0, 0.1) is 0 Å². The van der Waals surface area contributed by atoms with Gasteiger partial charge in [-0.15, -0.1) is 0 Å². The van der Waals surface area contributed by atoms with Gasteiger partial charge in [-0.05, 0) is 87.4 Å². The van der Waals surface area contributed by atoms with Crippen molar-refractivity contribution in [3.63, 3.8) is 0 Å². The fourth-order valence-electron chi connectivity index (χ4n) is 6.61. The Kier molecular flexibility index (Phi) is 10.3. The zero-order chi connectivity index (χ0) is 42.2. The molecule has 16 nitrogen and oxygen atoms in total. The third kappa shape index (κ3) is 8.13. The Balaban J connectivity index is 1.01. The fraction of sp³-hybridized carbons (Fsp3) is 0.227. The molecule has 0 saturated heterocycles. The molecule has 0 saturated carbocycles. The van der Waals surface area contributed by atoms with E-state index in [9.17, 15) is 14.7 Å². The van der Waals surface area contributed by atoms with Gasteiger partial charge in [0, 0.05) is 75.4 Å². The number of nitrogens with one attached hydrogen (secondary N) is 2. The minimum Gasteiger partial charge on any atom is -0.465 e. The zero-order valence-electron chi connectivity index (χ0n) is 33.9. The Morgan fingerprint density at radius 2 is 1.22 bits per heavy atom. The van der Waals surface area contributed by atoms with Crippen molar-refractivity contribution in [2.45, 2.75) is 52.0 Å². The van der Waals surface area contributed by atoms with Crippen molar-refractivity contribution in [3.05, 3.63) is 148 Å². The molecule has 0 amide bonds. The van der Waals surface area contributed by atoms with E-state index in [0.717, 1.165) is 16.7 Å². The largest absolute Gasteiger partial charge is 0.465 e. The number of hydrogen-bond donors (Lipinski definition) is 3. The summed E-state index contributed by atoms with van der Waals surface area (Å²) in [6, 6.07) is 18.4. The minimum absolute atomic E-state index is 0.209. The van der Waals surface area contributed by atoms with E-state index in [4.69, 9.17) is 19.7 Å². The number of hydrogen-bond acceptors (Lipinski definition) is 14. The maximum atomic E-state index is 13.3. The third-order valence-electron chi connectivity index (χ3n) is 9.97. The summed E-state index contributed by atoms with van der Waals surface area (Å²) in [6.07, 6.45) is 11.5. The molecule has 8 rings (SSSR count). The molecule has 0 aliphatic carbocycles. The van der Waals surface area contributed by atoms with Crippen molar-refractivity contribution < 1.29 is 9.84 Å². The van der Waals surface area contributed by atoms with Crippen LogP contribution in [0.5, 0.6) is 5.88 Å². The van der Waals surface area contributed by atoms with E-state index in [1.54, 1.807) is 77.1 Å². The number of aryl methyl sites for hydroxylation is 2. The monoisotopic (exact) mass is 802 g/mol. The van der Waals surface area contributed by atoms with Gasteiger partial charge in [-0.25, -0.2) is 24.9 Å². The van der Waals surface area contributed by atoms with Gasteiger partial charge in [0.05, 0.1) is 46.5 Å². The Labute approximate surface area is 344 Å². The number of anilines is 2. The molecular formula is C44H42N12O4. The highest BCUT2D eigenvalue weighted by Gasteiger charge is 2.26. The van der Waals surface area contributed by atoms with Gasteiger partial charge in [0.15, 0.2) is 0 Å². The molecule has 0 aliphatic heterocycles. The molecule has 8 aromatic heterocycles. The van der Waals surface area contributed by atoms with Gasteiger partial charge in [-0.3, -0.25) is 24.5 Å². The van der Waals surface area contributed by atoms with Gasteiger partial charge in [0.2, 0.25) is 5.88 Å². The summed E-state index contributed by atoms with van der Waals surface area (Å²) in [5.41, 5.74) is 4.09. The predicted molar refractivity (Wildman–Crippen MR) is 228 cm³/mol. The molecule has 8 heterocycles. The van der Waals surface area contributed by atoms with E-state index in [2.05, 4.69) is 35.6 Å².